The van der Waals surface area contributed by atoms with Gasteiger partial charge in [0.25, 0.3) is 10.0 Å². The van der Waals surface area contributed by atoms with Crippen LogP contribution in [0, 0.1) is 0 Å². The van der Waals surface area contributed by atoms with E-state index in [0.29, 0.717) is 27.5 Å². The third-order valence-electron chi connectivity index (χ3n) is 5.55. The average molecular weight is 531 g/mol. The van der Waals surface area contributed by atoms with E-state index in [0.717, 1.165) is 5.39 Å². The van der Waals surface area contributed by atoms with Crippen molar-refractivity contribution in [2.75, 3.05) is 7.11 Å². The maximum absolute atomic E-state index is 14.0. The van der Waals surface area contributed by atoms with Crippen molar-refractivity contribution in [2.24, 2.45) is 0 Å². The quantitative estimate of drug-likeness (QED) is 0.311. The monoisotopic (exact) mass is 530 g/mol. The fraction of sp³-hybridized carbons (Fsp3) is 0.231. The molecule has 0 fully saturated rings. The van der Waals surface area contributed by atoms with Crippen molar-refractivity contribution in [2.45, 2.75) is 36.5 Å². The summed E-state index contributed by atoms with van der Waals surface area (Å²) in [5.41, 5.74) is 1.49. The van der Waals surface area contributed by atoms with Gasteiger partial charge in [-0.3, -0.25) is 0 Å². The summed E-state index contributed by atoms with van der Waals surface area (Å²) in [6.45, 7) is 5.54. The summed E-state index contributed by atoms with van der Waals surface area (Å²) >= 11 is 4.81. The van der Waals surface area contributed by atoms with Crippen LogP contribution in [0.1, 0.15) is 38.1 Å². The second kappa shape index (κ2) is 9.87. The SMILES string of the molecule is COc1ccc(Cl)cc1[C@@H](N[S@@+]([O-])C(C)(C)C)c1cc2ccccc2n1S(=O)(=O)c1ccccc1. The van der Waals surface area contributed by atoms with E-state index in [1.165, 1.54) is 11.1 Å². The van der Waals surface area contributed by atoms with Crippen molar-refractivity contribution in [3.05, 3.63) is 95.1 Å². The number of nitrogens with one attached hydrogen (secondary N) is 1. The van der Waals surface area contributed by atoms with Crippen LogP contribution in [0.4, 0.5) is 0 Å². The fourth-order valence-corrected chi connectivity index (χ4v) is 6.38. The highest BCUT2D eigenvalue weighted by molar-refractivity contribution is 7.91. The zero-order valence-corrected chi connectivity index (χ0v) is 22.2. The van der Waals surface area contributed by atoms with E-state index >= 15 is 0 Å². The second-order valence-electron chi connectivity index (χ2n) is 9.03. The molecule has 9 heteroatoms. The number of methoxy groups -OCH3 is 1. The van der Waals surface area contributed by atoms with Gasteiger partial charge in [-0.2, -0.15) is 0 Å². The first-order valence-electron chi connectivity index (χ1n) is 11.0. The third kappa shape index (κ3) is 5.08. The van der Waals surface area contributed by atoms with E-state index in [4.69, 9.17) is 16.3 Å². The molecule has 0 amide bonds. The summed E-state index contributed by atoms with van der Waals surface area (Å²) < 4.78 is 50.7. The van der Waals surface area contributed by atoms with Crippen molar-refractivity contribution in [3.63, 3.8) is 0 Å². The Morgan fingerprint density at radius 3 is 2.31 bits per heavy atom. The Morgan fingerprint density at radius 1 is 1.00 bits per heavy atom. The van der Waals surface area contributed by atoms with Gasteiger partial charge < -0.3 is 9.29 Å². The maximum atomic E-state index is 14.0. The third-order valence-corrected chi connectivity index (χ3v) is 9.11. The number of para-hydroxylation sites is 1. The minimum absolute atomic E-state index is 0.149. The molecular weight excluding hydrogens is 504 g/mol. The van der Waals surface area contributed by atoms with Crippen molar-refractivity contribution >= 4 is 43.9 Å². The minimum atomic E-state index is -4.00. The van der Waals surface area contributed by atoms with Gasteiger partial charge in [0.15, 0.2) is 0 Å². The first-order valence-corrected chi connectivity index (χ1v) is 13.9. The molecule has 0 aliphatic carbocycles. The summed E-state index contributed by atoms with van der Waals surface area (Å²) in [6.07, 6.45) is 0. The molecule has 0 aliphatic rings. The summed E-state index contributed by atoms with van der Waals surface area (Å²) in [4.78, 5) is 0.149. The summed E-state index contributed by atoms with van der Waals surface area (Å²) in [5.74, 6) is 0.492. The topological polar surface area (TPSA) is 83.4 Å². The Balaban J connectivity index is 2.04. The lowest BCUT2D eigenvalue weighted by atomic mass is 10.0. The molecule has 184 valence electrons. The van der Waals surface area contributed by atoms with Crippen molar-refractivity contribution < 1.29 is 17.7 Å². The largest absolute Gasteiger partial charge is 0.598 e. The number of benzene rings is 3. The van der Waals surface area contributed by atoms with Crippen molar-refractivity contribution in [3.8, 4) is 5.75 Å². The molecule has 35 heavy (non-hydrogen) atoms. The number of hydrogen-bond donors (Lipinski definition) is 1. The molecule has 2 atom stereocenters. The summed E-state index contributed by atoms with van der Waals surface area (Å²) in [6, 6.07) is 21.6. The van der Waals surface area contributed by atoms with Gasteiger partial charge in [0.05, 0.1) is 23.2 Å². The van der Waals surface area contributed by atoms with E-state index in [9.17, 15) is 13.0 Å². The first-order chi connectivity index (χ1) is 16.5. The molecule has 1 aromatic heterocycles. The van der Waals surface area contributed by atoms with Gasteiger partial charge in [0.2, 0.25) is 0 Å². The lowest BCUT2D eigenvalue weighted by Crippen LogP contribution is -2.42. The molecule has 0 aliphatic heterocycles. The van der Waals surface area contributed by atoms with Crippen molar-refractivity contribution in [1.29, 1.82) is 0 Å². The number of rotatable bonds is 7. The van der Waals surface area contributed by atoms with Gasteiger partial charge in [0.1, 0.15) is 16.5 Å². The first kappa shape index (κ1) is 25.6. The van der Waals surface area contributed by atoms with Crippen LogP contribution in [0.25, 0.3) is 10.9 Å². The summed E-state index contributed by atoms with van der Waals surface area (Å²) in [5, 5.41) is 1.18. The molecule has 4 aromatic rings. The van der Waals surface area contributed by atoms with Gasteiger partial charge in [-0.05, 0) is 63.2 Å². The fourth-order valence-electron chi connectivity index (χ4n) is 3.82. The van der Waals surface area contributed by atoms with Crippen molar-refractivity contribution in [1.82, 2.24) is 8.69 Å². The smallest absolute Gasteiger partial charge is 0.268 e. The molecule has 0 spiro atoms. The molecular formula is C26H27ClN2O4S2. The van der Waals surface area contributed by atoms with E-state index in [2.05, 4.69) is 4.72 Å². The Morgan fingerprint density at radius 2 is 1.66 bits per heavy atom. The Bertz CT molecular complexity index is 1450. The average Bonchev–Trinajstić information content (AvgIpc) is 3.22. The molecule has 4 rings (SSSR count). The highest BCUT2D eigenvalue weighted by atomic mass is 35.5. The molecule has 0 bridgehead atoms. The van der Waals surface area contributed by atoms with Gasteiger partial charge >= 0.3 is 0 Å². The Kier molecular flexibility index (Phi) is 7.22. The van der Waals surface area contributed by atoms with Gasteiger partial charge in [0, 0.05) is 27.3 Å². The number of hydrogen-bond acceptors (Lipinski definition) is 5. The predicted molar refractivity (Wildman–Crippen MR) is 142 cm³/mol. The van der Waals surface area contributed by atoms with Crippen LogP contribution in [0.15, 0.2) is 83.8 Å². The van der Waals surface area contributed by atoms with Crippen LogP contribution < -0.4 is 9.46 Å². The van der Waals surface area contributed by atoms with E-state index in [1.54, 1.807) is 66.7 Å². The van der Waals surface area contributed by atoms with Crippen LogP contribution in [0.5, 0.6) is 5.75 Å². The molecule has 0 saturated carbocycles. The van der Waals surface area contributed by atoms with Crippen LogP contribution in [0.2, 0.25) is 5.02 Å². The molecule has 0 unspecified atom stereocenters. The lowest BCUT2D eigenvalue weighted by molar-refractivity contribution is 0.405. The predicted octanol–water partition coefficient (Wildman–Crippen LogP) is 5.68. The highest BCUT2D eigenvalue weighted by Gasteiger charge is 2.36. The minimum Gasteiger partial charge on any atom is -0.598 e. The molecule has 0 radical (unpaired) electrons. The molecule has 3 aromatic carbocycles. The van der Waals surface area contributed by atoms with Crippen LogP contribution in [0.3, 0.4) is 0 Å². The maximum Gasteiger partial charge on any atom is 0.268 e. The molecule has 1 N–H and O–H groups in total. The van der Waals surface area contributed by atoms with E-state index in [-0.39, 0.29) is 4.90 Å². The van der Waals surface area contributed by atoms with E-state index < -0.39 is 32.2 Å². The van der Waals surface area contributed by atoms with Crippen LogP contribution in [-0.2, 0) is 21.4 Å². The number of aromatic nitrogens is 1. The summed E-state index contributed by atoms with van der Waals surface area (Å²) in [7, 11) is -2.47. The Labute approximate surface area is 214 Å². The van der Waals surface area contributed by atoms with E-state index in [1.807, 2.05) is 32.9 Å². The number of fused-ring (bicyclic) bond motifs is 1. The van der Waals surface area contributed by atoms with Crippen LogP contribution >= 0.6 is 11.6 Å². The number of nitrogens with zero attached hydrogens (tertiary/aromatic N) is 1. The standard InChI is InChI=1S/C26H27ClN2O4S2/c1-26(2,3)34(30)28-25(21-17-19(27)14-15-24(21)33-4)23-16-18-10-8-9-13-22(18)29(23)35(31,32)20-11-6-5-7-12-20/h5-17,25,28H,1-4H3/t25-,34+/m1/s1. The van der Waals surface area contributed by atoms with Crippen LogP contribution in [-0.4, -0.2) is 28.8 Å². The zero-order chi connectivity index (χ0) is 25.4. The highest BCUT2D eigenvalue weighted by Crippen LogP contribution is 2.38. The normalized spacial score (nSPS) is 14.1. The number of halogens is 1. The van der Waals surface area contributed by atoms with Gasteiger partial charge in [-0.25, -0.2) is 12.4 Å². The number of ether oxygens (including phenoxy) is 1. The zero-order valence-electron chi connectivity index (χ0n) is 19.9. The Hall–Kier alpha value is -2.49. The second-order valence-corrected chi connectivity index (χ2v) is 13.2. The lowest BCUT2D eigenvalue weighted by Gasteiger charge is -2.29. The molecule has 6 nitrogen and oxygen atoms in total. The molecule has 1 heterocycles. The molecule has 0 saturated heterocycles. The van der Waals surface area contributed by atoms with Gasteiger partial charge in [-0.15, -0.1) is 4.72 Å². The van der Waals surface area contributed by atoms with Gasteiger partial charge in [-0.1, -0.05) is 48.0 Å².